The van der Waals surface area contributed by atoms with E-state index < -0.39 is 0 Å². The van der Waals surface area contributed by atoms with E-state index in [0.717, 1.165) is 35.3 Å². The number of ether oxygens (including phenoxy) is 1. The van der Waals surface area contributed by atoms with Gasteiger partial charge in [0.05, 0.1) is 18.8 Å². The second-order valence-corrected chi connectivity index (χ2v) is 6.14. The highest BCUT2D eigenvalue weighted by Crippen LogP contribution is 2.26. The van der Waals surface area contributed by atoms with E-state index in [1.54, 1.807) is 6.20 Å². The van der Waals surface area contributed by atoms with E-state index in [0.29, 0.717) is 24.8 Å². The van der Waals surface area contributed by atoms with Crippen LogP contribution in [0.4, 0.5) is 11.6 Å². The number of nitrogens with one attached hydrogen (secondary N) is 1. The highest BCUT2D eigenvalue weighted by molar-refractivity contribution is 6.28. The lowest BCUT2D eigenvalue weighted by molar-refractivity contribution is 0.125. The van der Waals surface area contributed by atoms with Gasteiger partial charge in [-0.25, -0.2) is 9.97 Å². The van der Waals surface area contributed by atoms with Crippen LogP contribution in [0.25, 0.3) is 11.0 Å². The first-order chi connectivity index (χ1) is 12.1. The summed E-state index contributed by atoms with van der Waals surface area (Å²) < 4.78 is 7.43. The van der Waals surface area contributed by atoms with Crippen molar-refractivity contribution in [3.05, 3.63) is 34.9 Å². The number of hydrogen-bond donors (Lipinski definition) is 1. The van der Waals surface area contributed by atoms with Gasteiger partial charge < -0.3 is 10.1 Å². The van der Waals surface area contributed by atoms with Gasteiger partial charge in [0, 0.05) is 12.8 Å². The molecule has 1 N–H and O–H groups in total. The Morgan fingerprint density at radius 2 is 2.04 bits per heavy atom. The number of anilines is 2. The minimum atomic E-state index is 0.173. The molecule has 0 atom stereocenters. The van der Waals surface area contributed by atoms with E-state index in [4.69, 9.17) is 16.3 Å². The third-order valence-electron chi connectivity index (χ3n) is 3.68. The summed E-state index contributed by atoms with van der Waals surface area (Å²) in [5.74, 6) is 1.27. The van der Waals surface area contributed by atoms with Crippen LogP contribution in [0, 0.1) is 13.8 Å². The van der Waals surface area contributed by atoms with Gasteiger partial charge in [-0.2, -0.15) is 10.1 Å². The third kappa shape index (κ3) is 4.05. The summed E-state index contributed by atoms with van der Waals surface area (Å²) >= 11 is 6.10. The van der Waals surface area contributed by atoms with Gasteiger partial charge in [-0.1, -0.05) is 13.0 Å². The fourth-order valence-corrected chi connectivity index (χ4v) is 2.68. The molecule has 0 fully saturated rings. The molecule has 0 saturated carbocycles. The second kappa shape index (κ2) is 7.76. The number of hydrogen-bond acceptors (Lipinski definition) is 6. The maximum atomic E-state index is 6.10. The van der Waals surface area contributed by atoms with Gasteiger partial charge in [-0.05, 0) is 43.5 Å². The van der Waals surface area contributed by atoms with Gasteiger partial charge >= 0.3 is 0 Å². The molecule has 3 rings (SSSR count). The Morgan fingerprint density at radius 1 is 1.20 bits per heavy atom. The molecule has 0 radical (unpaired) electrons. The molecule has 0 unspecified atom stereocenters. The number of pyridine rings is 1. The van der Waals surface area contributed by atoms with Crippen LogP contribution < -0.4 is 5.32 Å². The first-order valence-electron chi connectivity index (χ1n) is 8.26. The van der Waals surface area contributed by atoms with Crippen molar-refractivity contribution in [2.75, 3.05) is 18.5 Å². The zero-order valence-electron chi connectivity index (χ0n) is 14.6. The van der Waals surface area contributed by atoms with Crippen LogP contribution in [0.5, 0.6) is 0 Å². The summed E-state index contributed by atoms with van der Waals surface area (Å²) in [6, 6.07) is 3.88. The largest absolute Gasteiger partial charge is 0.380 e. The van der Waals surface area contributed by atoms with Crippen LogP contribution in [0.2, 0.25) is 5.28 Å². The maximum absolute atomic E-state index is 6.10. The number of fused-ring (bicyclic) bond motifs is 1. The fraction of sp³-hybridized carbons (Fsp3) is 0.412. The molecule has 8 heteroatoms. The smallest absolute Gasteiger partial charge is 0.225 e. The van der Waals surface area contributed by atoms with Crippen molar-refractivity contribution in [3.63, 3.8) is 0 Å². The summed E-state index contributed by atoms with van der Waals surface area (Å²) in [7, 11) is 0. The lowest BCUT2D eigenvalue weighted by Crippen LogP contribution is -2.10. The maximum Gasteiger partial charge on any atom is 0.225 e. The van der Waals surface area contributed by atoms with Gasteiger partial charge in [-0.15, -0.1) is 0 Å². The van der Waals surface area contributed by atoms with Crippen LogP contribution in [0.1, 0.15) is 24.6 Å². The Labute approximate surface area is 151 Å². The van der Waals surface area contributed by atoms with Gasteiger partial charge in [-0.3, -0.25) is 4.68 Å². The number of rotatable bonds is 7. The summed E-state index contributed by atoms with van der Waals surface area (Å²) in [4.78, 5) is 13.0. The zero-order chi connectivity index (χ0) is 17.8. The summed E-state index contributed by atoms with van der Waals surface area (Å²) in [5.41, 5.74) is 3.41. The van der Waals surface area contributed by atoms with Crippen LogP contribution in [0.15, 0.2) is 18.3 Å². The highest BCUT2D eigenvalue weighted by atomic mass is 35.5. The van der Waals surface area contributed by atoms with Crippen molar-refractivity contribution < 1.29 is 4.74 Å². The van der Waals surface area contributed by atoms with Crippen LogP contribution in [-0.4, -0.2) is 37.9 Å². The number of aryl methyl sites for hydroxylation is 2. The molecule has 0 saturated heterocycles. The lowest BCUT2D eigenvalue weighted by atomic mass is 10.3. The van der Waals surface area contributed by atoms with E-state index in [9.17, 15) is 0 Å². The average Bonchev–Trinajstić information content (AvgIpc) is 2.90. The van der Waals surface area contributed by atoms with Crippen LogP contribution >= 0.6 is 11.6 Å². The molecule has 0 amide bonds. The highest BCUT2D eigenvalue weighted by Gasteiger charge is 2.16. The Morgan fingerprint density at radius 3 is 2.76 bits per heavy atom. The Kier molecular flexibility index (Phi) is 5.45. The molecular weight excluding hydrogens is 340 g/mol. The van der Waals surface area contributed by atoms with Gasteiger partial charge in [0.25, 0.3) is 0 Å². The van der Waals surface area contributed by atoms with Crippen LogP contribution in [0.3, 0.4) is 0 Å². The number of halogens is 1. The van der Waals surface area contributed by atoms with Crippen molar-refractivity contribution in [1.82, 2.24) is 24.7 Å². The predicted molar refractivity (Wildman–Crippen MR) is 98.4 cm³/mol. The summed E-state index contributed by atoms with van der Waals surface area (Å²) in [6.07, 6.45) is 2.78. The Bertz CT molecular complexity index is 862. The molecule has 3 heterocycles. The lowest BCUT2D eigenvalue weighted by Gasteiger charge is -2.10. The molecule has 132 valence electrons. The average molecular weight is 361 g/mol. The second-order valence-electron chi connectivity index (χ2n) is 5.81. The number of nitrogens with zero attached hydrogens (tertiary/aromatic N) is 5. The van der Waals surface area contributed by atoms with E-state index >= 15 is 0 Å². The monoisotopic (exact) mass is 360 g/mol. The normalized spacial score (nSPS) is 11.2. The molecule has 0 bridgehead atoms. The minimum absolute atomic E-state index is 0.173. The minimum Gasteiger partial charge on any atom is -0.380 e. The molecule has 25 heavy (non-hydrogen) atoms. The van der Waals surface area contributed by atoms with E-state index in [-0.39, 0.29) is 5.28 Å². The van der Waals surface area contributed by atoms with Crippen molar-refractivity contribution in [2.24, 2.45) is 0 Å². The quantitative estimate of drug-likeness (QED) is 0.511. The van der Waals surface area contributed by atoms with Gasteiger partial charge in [0.1, 0.15) is 16.9 Å². The summed E-state index contributed by atoms with van der Waals surface area (Å²) in [5, 5.41) is 7.96. The standard InChI is InChI=1S/C17H21ClN6O/c1-4-8-25-9-7-24-15-14(12(3)23-24)21-17(18)22-16(15)20-13-6-5-11(2)10-19-13/h5-6,10H,4,7-9H2,1-3H3,(H,19,20,21,22). The number of aromatic nitrogens is 5. The molecule has 7 nitrogen and oxygen atoms in total. The molecule has 0 aliphatic heterocycles. The molecule has 0 aromatic carbocycles. The zero-order valence-corrected chi connectivity index (χ0v) is 15.3. The molecule has 0 aliphatic rings. The van der Waals surface area contributed by atoms with Crippen LogP contribution in [-0.2, 0) is 11.3 Å². The molecular formula is C17H21ClN6O. The Balaban J connectivity index is 1.96. The molecule has 3 aromatic rings. The van der Waals surface area contributed by atoms with Gasteiger partial charge in [0.15, 0.2) is 5.82 Å². The topological polar surface area (TPSA) is 77.8 Å². The SMILES string of the molecule is CCCOCCn1nc(C)c2nc(Cl)nc(Nc3ccc(C)cn3)c21. The Hall–Kier alpha value is -2.25. The fourth-order valence-electron chi connectivity index (χ4n) is 2.51. The van der Waals surface area contributed by atoms with E-state index in [2.05, 4.69) is 32.3 Å². The van der Waals surface area contributed by atoms with Crippen molar-refractivity contribution in [1.29, 1.82) is 0 Å². The first-order valence-corrected chi connectivity index (χ1v) is 8.64. The van der Waals surface area contributed by atoms with Gasteiger partial charge in [0.2, 0.25) is 5.28 Å². The predicted octanol–water partition coefficient (Wildman–Crippen LogP) is 3.66. The third-order valence-corrected chi connectivity index (χ3v) is 3.85. The van der Waals surface area contributed by atoms with Crippen molar-refractivity contribution >= 4 is 34.3 Å². The molecule has 3 aromatic heterocycles. The first kappa shape index (κ1) is 17.6. The van der Waals surface area contributed by atoms with Crippen molar-refractivity contribution in [2.45, 2.75) is 33.7 Å². The molecule has 0 aliphatic carbocycles. The van der Waals surface area contributed by atoms with Crippen molar-refractivity contribution in [3.8, 4) is 0 Å². The van der Waals surface area contributed by atoms with E-state index in [1.807, 2.05) is 30.7 Å². The molecule has 0 spiro atoms. The summed E-state index contributed by atoms with van der Waals surface area (Å²) in [6.45, 7) is 7.91. The van der Waals surface area contributed by atoms with E-state index in [1.165, 1.54) is 0 Å².